The van der Waals surface area contributed by atoms with Gasteiger partial charge in [0.2, 0.25) is 0 Å². The molecule has 2 rings (SSSR count). The van der Waals surface area contributed by atoms with E-state index < -0.39 is 0 Å². The Hall–Kier alpha value is -1.98. The summed E-state index contributed by atoms with van der Waals surface area (Å²) in [5, 5.41) is 6.10. The zero-order chi connectivity index (χ0) is 11.0. The summed E-state index contributed by atoms with van der Waals surface area (Å²) in [4.78, 5) is 26.3. The Kier molecular flexibility index (Phi) is 2.11. The number of hydrogen-bond acceptors (Lipinski definition) is 4. The van der Waals surface area contributed by atoms with E-state index in [4.69, 9.17) is 0 Å². The van der Waals surface area contributed by atoms with Crippen molar-refractivity contribution in [2.24, 2.45) is 0 Å². The molecular formula is C9H10N4O2. The lowest BCUT2D eigenvalue weighted by Crippen LogP contribution is -2.12. The molecule has 2 heterocycles. The first kappa shape index (κ1) is 9.57. The van der Waals surface area contributed by atoms with E-state index in [9.17, 15) is 9.59 Å². The van der Waals surface area contributed by atoms with Crippen LogP contribution in [-0.2, 0) is 4.79 Å². The Morgan fingerprint density at radius 1 is 1.60 bits per heavy atom. The average Bonchev–Trinajstić information content (AvgIpc) is 2.59. The standard InChI is InChI=1S/C9H10N4O2/c1-5(6(2)14)7-3-8-11-12-9(15)13(8)4-10-7/h3-5H,1-2H3,(H,12,15). The molecule has 0 amide bonds. The molecule has 0 aromatic carbocycles. The maximum Gasteiger partial charge on any atom is 0.348 e. The Morgan fingerprint density at radius 2 is 2.33 bits per heavy atom. The predicted octanol–water partition coefficient (Wildman–Crippen LogP) is 0.110. The van der Waals surface area contributed by atoms with E-state index in [0.717, 1.165) is 0 Å². The van der Waals surface area contributed by atoms with Gasteiger partial charge in [-0.3, -0.25) is 4.79 Å². The molecule has 0 aliphatic heterocycles. The molecule has 1 N–H and O–H groups in total. The van der Waals surface area contributed by atoms with E-state index in [1.54, 1.807) is 13.0 Å². The van der Waals surface area contributed by atoms with Crippen LogP contribution in [0.25, 0.3) is 5.65 Å². The van der Waals surface area contributed by atoms with Crippen LogP contribution in [0.15, 0.2) is 17.2 Å². The van der Waals surface area contributed by atoms with E-state index in [1.807, 2.05) is 0 Å². The molecule has 0 fully saturated rings. The molecule has 78 valence electrons. The fourth-order valence-corrected chi connectivity index (χ4v) is 1.27. The van der Waals surface area contributed by atoms with Crippen LogP contribution >= 0.6 is 0 Å². The van der Waals surface area contributed by atoms with Crippen molar-refractivity contribution in [3.63, 3.8) is 0 Å². The molecule has 0 saturated heterocycles. The Morgan fingerprint density at radius 3 is 3.00 bits per heavy atom. The van der Waals surface area contributed by atoms with Crippen molar-refractivity contribution in [3.8, 4) is 0 Å². The van der Waals surface area contributed by atoms with Gasteiger partial charge < -0.3 is 0 Å². The molecule has 1 atom stereocenters. The number of nitrogens with one attached hydrogen (secondary N) is 1. The predicted molar refractivity (Wildman–Crippen MR) is 52.7 cm³/mol. The number of ketones is 1. The van der Waals surface area contributed by atoms with Gasteiger partial charge in [0, 0.05) is 6.07 Å². The summed E-state index contributed by atoms with van der Waals surface area (Å²) in [5.41, 5.74) is 0.756. The number of nitrogens with zero attached hydrogens (tertiary/aromatic N) is 3. The van der Waals surface area contributed by atoms with Crippen LogP contribution in [0.1, 0.15) is 25.5 Å². The number of carbonyl (C=O) groups excluding carboxylic acids is 1. The lowest BCUT2D eigenvalue weighted by molar-refractivity contribution is -0.118. The number of Topliss-reactive ketones (excluding diaryl/α,β-unsaturated/α-hetero) is 1. The van der Waals surface area contributed by atoms with Crippen LogP contribution in [0, 0.1) is 0 Å². The van der Waals surface area contributed by atoms with Gasteiger partial charge in [0.15, 0.2) is 5.65 Å². The largest absolute Gasteiger partial charge is 0.348 e. The molecule has 0 radical (unpaired) electrons. The summed E-state index contributed by atoms with van der Waals surface area (Å²) < 4.78 is 1.29. The highest BCUT2D eigenvalue weighted by molar-refractivity contribution is 5.82. The van der Waals surface area contributed by atoms with Crippen molar-refractivity contribution in [3.05, 3.63) is 28.6 Å². The van der Waals surface area contributed by atoms with Crippen molar-refractivity contribution >= 4 is 11.4 Å². The molecule has 6 heteroatoms. The third-order valence-electron chi connectivity index (χ3n) is 2.38. The topological polar surface area (TPSA) is 80.1 Å². The third-order valence-corrected chi connectivity index (χ3v) is 2.38. The second kappa shape index (κ2) is 3.30. The van der Waals surface area contributed by atoms with E-state index in [0.29, 0.717) is 11.3 Å². The van der Waals surface area contributed by atoms with Gasteiger partial charge >= 0.3 is 5.69 Å². The number of H-pyrrole nitrogens is 1. The summed E-state index contributed by atoms with van der Waals surface area (Å²) in [6.45, 7) is 3.28. The monoisotopic (exact) mass is 206 g/mol. The summed E-state index contributed by atoms with van der Waals surface area (Å²) in [7, 11) is 0. The lowest BCUT2D eigenvalue weighted by Gasteiger charge is -2.05. The molecule has 0 spiro atoms. The molecule has 0 saturated carbocycles. The Labute approximate surface area is 85.0 Å². The smallest absolute Gasteiger partial charge is 0.299 e. The number of hydrogen-bond donors (Lipinski definition) is 1. The van der Waals surface area contributed by atoms with Crippen molar-refractivity contribution < 1.29 is 4.79 Å². The maximum absolute atomic E-state index is 11.1. The van der Waals surface area contributed by atoms with Crippen molar-refractivity contribution in [2.45, 2.75) is 19.8 Å². The van der Waals surface area contributed by atoms with Gasteiger partial charge in [-0.2, -0.15) is 5.10 Å². The summed E-state index contributed by atoms with van der Waals surface area (Å²) in [6.07, 6.45) is 1.37. The number of aromatic nitrogens is 4. The Bertz CT molecular complexity index is 569. The van der Waals surface area contributed by atoms with Gasteiger partial charge in [-0.25, -0.2) is 19.3 Å². The minimum atomic E-state index is -0.334. The molecule has 6 nitrogen and oxygen atoms in total. The second-order valence-corrected chi connectivity index (χ2v) is 3.40. The van der Waals surface area contributed by atoms with Crippen LogP contribution in [0.2, 0.25) is 0 Å². The minimum Gasteiger partial charge on any atom is -0.299 e. The first-order valence-electron chi connectivity index (χ1n) is 4.52. The fourth-order valence-electron chi connectivity index (χ4n) is 1.27. The number of fused-ring (bicyclic) bond motifs is 1. The highest BCUT2D eigenvalue weighted by atomic mass is 16.1. The van der Waals surface area contributed by atoms with E-state index >= 15 is 0 Å². The Balaban J connectivity index is 2.56. The van der Waals surface area contributed by atoms with Crippen LogP contribution in [0.5, 0.6) is 0 Å². The van der Waals surface area contributed by atoms with Crippen LogP contribution in [0.3, 0.4) is 0 Å². The molecular weight excluding hydrogens is 196 g/mol. The molecule has 2 aromatic rings. The first-order chi connectivity index (χ1) is 7.09. The van der Waals surface area contributed by atoms with Gasteiger partial charge in [-0.15, -0.1) is 0 Å². The quantitative estimate of drug-likeness (QED) is 0.756. The molecule has 0 aliphatic rings. The third kappa shape index (κ3) is 1.54. The van der Waals surface area contributed by atoms with E-state index in [2.05, 4.69) is 15.2 Å². The van der Waals surface area contributed by atoms with E-state index in [1.165, 1.54) is 17.7 Å². The highest BCUT2D eigenvalue weighted by Crippen LogP contribution is 2.13. The highest BCUT2D eigenvalue weighted by Gasteiger charge is 2.13. The zero-order valence-electron chi connectivity index (χ0n) is 8.39. The molecule has 0 bridgehead atoms. The average molecular weight is 206 g/mol. The van der Waals surface area contributed by atoms with Crippen LogP contribution in [-0.4, -0.2) is 25.4 Å². The fraction of sp³-hybridized carbons (Fsp3) is 0.333. The number of carbonyl (C=O) groups is 1. The summed E-state index contributed by atoms with van der Waals surface area (Å²) in [6, 6.07) is 1.63. The molecule has 15 heavy (non-hydrogen) atoms. The second-order valence-electron chi connectivity index (χ2n) is 3.40. The first-order valence-corrected chi connectivity index (χ1v) is 4.52. The minimum absolute atomic E-state index is 0.0322. The lowest BCUT2D eigenvalue weighted by atomic mass is 10.0. The zero-order valence-corrected chi connectivity index (χ0v) is 8.39. The van der Waals surface area contributed by atoms with Crippen molar-refractivity contribution in [1.29, 1.82) is 0 Å². The van der Waals surface area contributed by atoms with E-state index in [-0.39, 0.29) is 17.4 Å². The van der Waals surface area contributed by atoms with Crippen molar-refractivity contribution in [1.82, 2.24) is 19.6 Å². The number of rotatable bonds is 2. The number of aromatic amines is 1. The summed E-state index contributed by atoms with van der Waals surface area (Å²) in [5.74, 6) is -0.244. The molecule has 2 aromatic heterocycles. The van der Waals surface area contributed by atoms with Crippen molar-refractivity contribution in [2.75, 3.05) is 0 Å². The maximum atomic E-state index is 11.1. The summed E-state index contributed by atoms with van der Waals surface area (Å²) >= 11 is 0. The van der Waals surface area contributed by atoms with Gasteiger partial charge in [0.25, 0.3) is 0 Å². The molecule has 1 unspecified atom stereocenters. The SMILES string of the molecule is CC(=O)C(C)c1cc2n[nH]c(=O)n2cn1. The van der Waals surface area contributed by atoms with Crippen LogP contribution < -0.4 is 5.69 Å². The van der Waals surface area contributed by atoms with Gasteiger partial charge in [0.05, 0.1) is 11.6 Å². The van der Waals surface area contributed by atoms with Gasteiger partial charge in [-0.05, 0) is 13.8 Å². The van der Waals surface area contributed by atoms with Gasteiger partial charge in [0.1, 0.15) is 12.1 Å². The normalized spacial score (nSPS) is 12.9. The van der Waals surface area contributed by atoms with Gasteiger partial charge in [-0.1, -0.05) is 0 Å². The molecule has 0 aliphatic carbocycles. The van der Waals surface area contributed by atoms with Crippen LogP contribution in [0.4, 0.5) is 0 Å².